The number of nitrogen functional groups attached to an aromatic ring is 1. The van der Waals surface area contributed by atoms with Gasteiger partial charge in [-0.1, -0.05) is 13.8 Å². The highest BCUT2D eigenvalue weighted by Crippen LogP contribution is 2.11. The van der Waals surface area contributed by atoms with Crippen molar-refractivity contribution in [1.82, 2.24) is 19.3 Å². The number of anilines is 1. The van der Waals surface area contributed by atoms with E-state index in [1.807, 2.05) is 13.8 Å². The van der Waals surface area contributed by atoms with Crippen LogP contribution in [0.3, 0.4) is 0 Å². The highest BCUT2D eigenvalue weighted by molar-refractivity contribution is 5.85. The minimum absolute atomic E-state index is 0.213. The summed E-state index contributed by atoms with van der Waals surface area (Å²) in [5, 5.41) is 6.83. The molecule has 2 aromatic heterocycles. The molecule has 0 aromatic carbocycles. The van der Waals surface area contributed by atoms with E-state index in [9.17, 15) is 9.59 Å². The summed E-state index contributed by atoms with van der Waals surface area (Å²) in [5.41, 5.74) is 5.37. The van der Waals surface area contributed by atoms with E-state index >= 15 is 0 Å². The first-order chi connectivity index (χ1) is 8.61. The second-order valence-corrected chi connectivity index (χ2v) is 4.23. The van der Waals surface area contributed by atoms with E-state index in [0.717, 1.165) is 6.42 Å². The van der Waals surface area contributed by atoms with Crippen LogP contribution in [0.15, 0.2) is 9.59 Å². The van der Waals surface area contributed by atoms with E-state index in [1.54, 1.807) is 0 Å². The number of nitrogens with zero attached hydrogens (tertiary/aromatic N) is 3. The van der Waals surface area contributed by atoms with Crippen LogP contribution in [0, 0.1) is 0 Å². The molecule has 0 atom stereocenters. The minimum Gasteiger partial charge on any atom is -0.383 e. The van der Waals surface area contributed by atoms with Gasteiger partial charge >= 0.3 is 5.69 Å². The molecular formula is C11H17N5O2. The average Bonchev–Trinajstić information content (AvgIpc) is 2.72. The Morgan fingerprint density at radius 1 is 1.17 bits per heavy atom. The Morgan fingerprint density at radius 3 is 2.39 bits per heavy atom. The molecule has 2 rings (SSSR count). The average molecular weight is 251 g/mol. The smallest absolute Gasteiger partial charge is 0.332 e. The molecule has 98 valence electrons. The highest BCUT2D eigenvalue weighted by Gasteiger charge is 2.16. The van der Waals surface area contributed by atoms with Gasteiger partial charge in [0.25, 0.3) is 5.56 Å². The van der Waals surface area contributed by atoms with Crippen molar-refractivity contribution in [1.29, 1.82) is 0 Å². The fourth-order valence-electron chi connectivity index (χ4n) is 2.06. The van der Waals surface area contributed by atoms with Crippen LogP contribution in [0.4, 0.5) is 5.82 Å². The van der Waals surface area contributed by atoms with E-state index in [1.165, 1.54) is 9.13 Å². The normalized spacial score (nSPS) is 11.2. The number of aromatic nitrogens is 4. The number of rotatable bonds is 4. The molecule has 0 aliphatic rings. The first kappa shape index (κ1) is 12.4. The molecule has 2 aromatic rings. The summed E-state index contributed by atoms with van der Waals surface area (Å²) in [6.45, 7) is 4.79. The molecule has 0 aliphatic heterocycles. The molecule has 0 unspecified atom stereocenters. The fraction of sp³-hybridized carbons (Fsp3) is 0.545. The van der Waals surface area contributed by atoms with Crippen LogP contribution in [0.5, 0.6) is 0 Å². The summed E-state index contributed by atoms with van der Waals surface area (Å²) in [7, 11) is 0. The molecular weight excluding hydrogens is 234 g/mol. The monoisotopic (exact) mass is 251 g/mol. The standard InChI is InChI=1S/C11H17N5O2/c1-3-5-15-9-7(8(12)13-14-9)10(17)16(6-4-2)11(15)18/h3-6H2,1-2H3,(H3,12,13,14). The maximum absolute atomic E-state index is 12.2. The third-order valence-corrected chi connectivity index (χ3v) is 2.85. The Kier molecular flexibility index (Phi) is 3.22. The molecule has 18 heavy (non-hydrogen) atoms. The summed E-state index contributed by atoms with van der Waals surface area (Å²) >= 11 is 0. The summed E-state index contributed by atoms with van der Waals surface area (Å²) in [6.07, 6.45) is 1.50. The molecule has 0 aliphatic carbocycles. The van der Waals surface area contributed by atoms with Gasteiger partial charge < -0.3 is 5.73 Å². The van der Waals surface area contributed by atoms with Gasteiger partial charge in [-0.3, -0.25) is 19.0 Å². The second-order valence-electron chi connectivity index (χ2n) is 4.23. The zero-order valence-electron chi connectivity index (χ0n) is 10.6. The molecule has 0 saturated heterocycles. The summed E-state index contributed by atoms with van der Waals surface area (Å²) in [6, 6.07) is 0. The molecule has 2 heterocycles. The molecule has 7 heteroatoms. The summed E-state index contributed by atoms with van der Waals surface area (Å²) in [5.74, 6) is 0.213. The van der Waals surface area contributed by atoms with Crippen LogP contribution < -0.4 is 17.0 Å². The minimum atomic E-state index is -0.365. The second kappa shape index (κ2) is 4.67. The van der Waals surface area contributed by atoms with Crippen LogP contribution >= 0.6 is 0 Å². The lowest BCUT2D eigenvalue weighted by molar-refractivity contribution is 0.555. The lowest BCUT2D eigenvalue weighted by Gasteiger charge is -2.09. The summed E-state index contributed by atoms with van der Waals surface area (Å²) in [4.78, 5) is 24.4. The van der Waals surface area contributed by atoms with Gasteiger partial charge in [0.2, 0.25) is 0 Å². The van der Waals surface area contributed by atoms with Gasteiger partial charge in [-0.05, 0) is 12.8 Å². The molecule has 3 N–H and O–H groups in total. The lowest BCUT2D eigenvalue weighted by Crippen LogP contribution is -2.40. The number of nitrogens with two attached hydrogens (primary N) is 1. The fourth-order valence-corrected chi connectivity index (χ4v) is 2.06. The number of hydrogen-bond acceptors (Lipinski definition) is 4. The van der Waals surface area contributed by atoms with Crippen molar-refractivity contribution in [3.05, 3.63) is 20.8 Å². The Labute approximate surface area is 103 Å². The van der Waals surface area contributed by atoms with Crippen LogP contribution in [0.1, 0.15) is 26.7 Å². The largest absolute Gasteiger partial charge is 0.383 e. The van der Waals surface area contributed by atoms with Gasteiger partial charge in [0.15, 0.2) is 5.65 Å². The van der Waals surface area contributed by atoms with E-state index in [0.29, 0.717) is 30.5 Å². The Balaban J connectivity index is 2.89. The van der Waals surface area contributed by atoms with Crippen molar-refractivity contribution in [2.45, 2.75) is 39.8 Å². The number of fused-ring (bicyclic) bond motifs is 1. The molecule has 0 bridgehead atoms. The van der Waals surface area contributed by atoms with Crippen LogP contribution in [0.25, 0.3) is 11.0 Å². The number of nitrogens with one attached hydrogen (secondary N) is 1. The Hall–Kier alpha value is -2.05. The Morgan fingerprint density at radius 2 is 1.78 bits per heavy atom. The van der Waals surface area contributed by atoms with Crippen molar-refractivity contribution in [3.63, 3.8) is 0 Å². The zero-order valence-corrected chi connectivity index (χ0v) is 10.6. The van der Waals surface area contributed by atoms with Crippen LogP contribution in [0.2, 0.25) is 0 Å². The summed E-state index contributed by atoms with van der Waals surface area (Å²) < 4.78 is 2.73. The molecule has 0 radical (unpaired) electrons. The zero-order chi connectivity index (χ0) is 13.3. The van der Waals surface area contributed by atoms with Crippen LogP contribution in [-0.2, 0) is 13.1 Å². The molecule has 0 saturated carbocycles. The van der Waals surface area contributed by atoms with Gasteiger partial charge in [-0.25, -0.2) is 4.79 Å². The molecule has 0 fully saturated rings. The van der Waals surface area contributed by atoms with Gasteiger partial charge in [0.1, 0.15) is 11.2 Å². The predicted octanol–water partition coefficient (Wildman–Crippen LogP) is 0.288. The number of aromatic amines is 1. The van der Waals surface area contributed by atoms with E-state index in [2.05, 4.69) is 10.2 Å². The molecule has 0 spiro atoms. The first-order valence-electron chi connectivity index (χ1n) is 6.09. The number of H-pyrrole nitrogens is 1. The predicted molar refractivity (Wildman–Crippen MR) is 69.6 cm³/mol. The Bertz CT molecular complexity index is 679. The van der Waals surface area contributed by atoms with Crippen molar-refractivity contribution in [2.75, 3.05) is 5.73 Å². The van der Waals surface area contributed by atoms with E-state index < -0.39 is 0 Å². The van der Waals surface area contributed by atoms with E-state index in [-0.39, 0.29) is 17.1 Å². The van der Waals surface area contributed by atoms with Gasteiger partial charge in [0, 0.05) is 13.1 Å². The third kappa shape index (κ3) is 1.71. The van der Waals surface area contributed by atoms with Gasteiger partial charge in [0.05, 0.1) is 0 Å². The third-order valence-electron chi connectivity index (χ3n) is 2.85. The number of aryl methyl sites for hydroxylation is 1. The van der Waals surface area contributed by atoms with Crippen molar-refractivity contribution >= 4 is 16.9 Å². The van der Waals surface area contributed by atoms with Gasteiger partial charge in [-0.15, -0.1) is 0 Å². The van der Waals surface area contributed by atoms with E-state index in [4.69, 9.17) is 5.73 Å². The SMILES string of the molecule is CCCn1c(=O)c2c(N)[nH]nc2n(CCC)c1=O. The van der Waals surface area contributed by atoms with Crippen molar-refractivity contribution in [2.24, 2.45) is 0 Å². The maximum Gasteiger partial charge on any atom is 0.332 e. The number of hydrogen-bond donors (Lipinski definition) is 2. The first-order valence-corrected chi connectivity index (χ1v) is 6.09. The van der Waals surface area contributed by atoms with Crippen LogP contribution in [-0.4, -0.2) is 19.3 Å². The highest BCUT2D eigenvalue weighted by atomic mass is 16.2. The molecule has 7 nitrogen and oxygen atoms in total. The van der Waals surface area contributed by atoms with Crippen molar-refractivity contribution in [3.8, 4) is 0 Å². The van der Waals surface area contributed by atoms with Gasteiger partial charge in [-0.2, -0.15) is 5.10 Å². The molecule has 0 amide bonds. The lowest BCUT2D eigenvalue weighted by atomic mass is 10.3. The topological polar surface area (TPSA) is 98.7 Å². The maximum atomic E-state index is 12.2. The quantitative estimate of drug-likeness (QED) is 0.815. The van der Waals surface area contributed by atoms with Crippen molar-refractivity contribution < 1.29 is 0 Å².